The summed E-state index contributed by atoms with van der Waals surface area (Å²) in [6.45, 7) is 0. The molecule has 0 aliphatic carbocycles. The first-order valence-electron chi connectivity index (χ1n) is 7.55. The normalized spacial score (nSPS) is 11.5. The average Bonchev–Trinajstić information content (AvgIpc) is 2.59. The van der Waals surface area contributed by atoms with E-state index < -0.39 is 0 Å². The smallest absolute Gasteiger partial charge is 0.00992 e. The summed E-state index contributed by atoms with van der Waals surface area (Å²) in [6.07, 6.45) is 4.42. The van der Waals surface area contributed by atoms with E-state index in [2.05, 4.69) is 91.0 Å². The van der Waals surface area contributed by atoms with Crippen LogP contribution in [0.15, 0.2) is 84.9 Å². The molecule has 0 atom stereocenters. The largest absolute Gasteiger partial charge is 0.0622 e. The van der Waals surface area contributed by atoms with Gasteiger partial charge in [-0.1, -0.05) is 91.0 Å². The lowest BCUT2D eigenvalue weighted by Gasteiger charge is -2.08. The molecule has 0 heteroatoms. The van der Waals surface area contributed by atoms with Gasteiger partial charge in [-0.05, 0) is 38.7 Å². The quantitative estimate of drug-likeness (QED) is 0.304. The lowest BCUT2D eigenvalue weighted by atomic mass is 9.96. The van der Waals surface area contributed by atoms with Crippen LogP contribution >= 0.6 is 0 Å². The van der Waals surface area contributed by atoms with E-state index in [9.17, 15) is 0 Å². The fourth-order valence-corrected chi connectivity index (χ4v) is 2.97. The van der Waals surface area contributed by atoms with Gasteiger partial charge < -0.3 is 0 Å². The zero-order valence-corrected chi connectivity index (χ0v) is 12.2. The first kappa shape index (κ1) is 12.8. The van der Waals surface area contributed by atoms with Crippen molar-refractivity contribution in [1.29, 1.82) is 0 Å². The van der Waals surface area contributed by atoms with E-state index in [4.69, 9.17) is 0 Å². The molecule has 0 bridgehead atoms. The molecule has 104 valence electrons. The van der Waals surface area contributed by atoms with E-state index in [1.165, 1.54) is 32.7 Å². The Morgan fingerprint density at radius 2 is 1.05 bits per heavy atom. The van der Waals surface area contributed by atoms with Gasteiger partial charge in [0.2, 0.25) is 0 Å². The fraction of sp³-hybridized carbons (Fsp3) is 0. The highest BCUT2D eigenvalue weighted by Crippen LogP contribution is 2.29. The molecule has 0 heterocycles. The van der Waals surface area contributed by atoms with Gasteiger partial charge in [0.25, 0.3) is 0 Å². The summed E-state index contributed by atoms with van der Waals surface area (Å²) in [4.78, 5) is 0. The van der Waals surface area contributed by atoms with Gasteiger partial charge in [-0.2, -0.15) is 0 Å². The minimum Gasteiger partial charge on any atom is -0.0622 e. The number of fused-ring (bicyclic) bond motifs is 2. The molecule has 0 aliphatic rings. The summed E-state index contributed by atoms with van der Waals surface area (Å²) in [5.74, 6) is 0. The van der Waals surface area contributed by atoms with Gasteiger partial charge in [0.05, 0.1) is 0 Å². The summed E-state index contributed by atoms with van der Waals surface area (Å²) in [5, 5.41) is 5.17. The SMILES string of the molecule is C(=Cc1c2ccccc2cc2ccccc12)c1ccccc1. The van der Waals surface area contributed by atoms with Crippen molar-refractivity contribution in [2.24, 2.45) is 0 Å². The molecule has 0 nitrogen and oxygen atoms in total. The molecule has 4 aromatic carbocycles. The molecule has 0 aliphatic heterocycles. The van der Waals surface area contributed by atoms with Gasteiger partial charge in [0.15, 0.2) is 0 Å². The lowest BCUT2D eigenvalue weighted by molar-refractivity contribution is 1.66. The third-order valence-corrected chi connectivity index (χ3v) is 4.05. The highest BCUT2D eigenvalue weighted by molar-refractivity contribution is 6.07. The summed E-state index contributed by atoms with van der Waals surface area (Å²) in [6, 6.07) is 29.9. The second-order valence-corrected chi connectivity index (χ2v) is 5.48. The van der Waals surface area contributed by atoms with Crippen LogP contribution in [0.4, 0.5) is 0 Å². The molecular formula is C22H16. The van der Waals surface area contributed by atoms with E-state index in [1.54, 1.807) is 0 Å². The summed E-state index contributed by atoms with van der Waals surface area (Å²) >= 11 is 0. The Balaban J connectivity index is 1.98. The highest BCUT2D eigenvalue weighted by atomic mass is 14.1. The van der Waals surface area contributed by atoms with E-state index in [1.807, 2.05) is 6.07 Å². The summed E-state index contributed by atoms with van der Waals surface area (Å²) < 4.78 is 0. The van der Waals surface area contributed by atoms with Crippen LogP contribution in [0.5, 0.6) is 0 Å². The first-order chi connectivity index (χ1) is 10.9. The third-order valence-electron chi connectivity index (χ3n) is 4.05. The van der Waals surface area contributed by atoms with Gasteiger partial charge in [-0.3, -0.25) is 0 Å². The van der Waals surface area contributed by atoms with Crippen LogP contribution in [0.2, 0.25) is 0 Å². The van der Waals surface area contributed by atoms with Gasteiger partial charge in [-0.15, -0.1) is 0 Å². The molecule has 0 spiro atoms. The monoisotopic (exact) mass is 280 g/mol. The number of hydrogen-bond acceptors (Lipinski definition) is 0. The standard InChI is InChI=1S/C22H16/c1-2-8-17(9-3-1)14-15-22-20-12-6-4-10-18(20)16-19-11-5-7-13-21(19)22/h1-16H. The predicted molar refractivity (Wildman–Crippen MR) is 96.8 cm³/mol. The van der Waals surface area contributed by atoms with E-state index in [0.29, 0.717) is 0 Å². The fourth-order valence-electron chi connectivity index (χ4n) is 2.97. The second kappa shape index (κ2) is 5.50. The Kier molecular flexibility index (Phi) is 3.21. The van der Waals surface area contributed by atoms with Crippen LogP contribution in [-0.2, 0) is 0 Å². The van der Waals surface area contributed by atoms with Gasteiger partial charge in [-0.25, -0.2) is 0 Å². The molecule has 0 unspecified atom stereocenters. The van der Waals surface area contributed by atoms with Crippen LogP contribution in [0.25, 0.3) is 33.7 Å². The lowest BCUT2D eigenvalue weighted by Crippen LogP contribution is -1.83. The average molecular weight is 280 g/mol. The van der Waals surface area contributed by atoms with Crippen LogP contribution in [0, 0.1) is 0 Å². The molecule has 0 aromatic heterocycles. The number of rotatable bonds is 2. The number of hydrogen-bond donors (Lipinski definition) is 0. The molecule has 0 saturated carbocycles. The Morgan fingerprint density at radius 1 is 0.500 bits per heavy atom. The van der Waals surface area contributed by atoms with Crippen molar-refractivity contribution in [3.8, 4) is 0 Å². The van der Waals surface area contributed by atoms with E-state index in [-0.39, 0.29) is 0 Å². The van der Waals surface area contributed by atoms with Gasteiger partial charge in [0, 0.05) is 0 Å². The zero-order chi connectivity index (χ0) is 14.8. The zero-order valence-electron chi connectivity index (χ0n) is 12.2. The maximum absolute atomic E-state index is 2.27. The summed E-state index contributed by atoms with van der Waals surface area (Å²) in [7, 11) is 0. The molecule has 0 N–H and O–H groups in total. The number of benzene rings is 4. The van der Waals surface area contributed by atoms with Crippen molar-refractivity contribution < 1.29 is 0 Å². The minimum atomic E-state index is 1.22. The Hall–Kier alpha value is -2.86. The molecule has 4 aromatic rings. The Bertz CT molecular complexity index is 909. The van der Waals surface area contributed by atoms with Gasteiger partial charge in [0.1, 0.15) is 0 Å². The van der Waals surface area contributed by atoms with Crippen molar-refractivity contribution in [3.05, 3.63) is 96.1 Å². The van der Waals surface area contributed by atoms with Crippen LogP contribution < -0.4 is 0 Å². The predicted octanol–water partition coefficient (Wildman–Crippen LogP) is 6.16. The molecular weight excluding hydrogens is 264 g/mol. The summed E-state index contributed by atoms with van der Waals surface area (Å²) in [5.41, 5.74) is 2.51. The Morgan fingerprint density at radius 3 is 1.68 bits per heavy atom. The molecule has 0 fully saturated rings. The Labute approximate surface area is 130 Å². The van der Waals surface area contributed by atoms with Crippen molar-refractivity contribution in [3.63, 3.8) is 0 Å². The van der Waals surface area contributed by atoms with Crippen LogP contribution in [-0.4, -0.2) is 0 Å². The van der Waals surface area contributed by atoms with Crippen molar-refractivity contribution in [2.45, 2.75) is 0 Å². The van der Waals surface area contributed by atoms with Crippen LogP contribution in [0.3, 0.4) is 0 Å². The van der Waals surface area contributed by atoms with E-state index >= 15 is 0 Å². The molecule has 0 radical (unpaired) electrons. The topological polar surface area (TPSA) is 0 Å². The molecule has 4 rings (SSSR count). The van der Waals surface area contributed by atoms with Crippen molar-refractivity contribution >= 4 is 33.7 Å². The maximum atomic E-state index is 2.27. The van der Waals surface area contributed by atoms with Crippen molar-refractivity contribution in [1.82, 2.24) is 0 Å². The minimum absolute atomic E-state index is 1.22. The highest BCUT2D eigenvalue weighted by Gasteiger charge is 2.04. The molecule has 0 amide bonds. The molecule has 0 saturated heterocycles. The van der Waals surface area contributed by atoms with Crippen LogP contribution in [0.1, 0.15) is 11.1 Å². The van der Waals surface area contributed by atoms with E-state index in [0.717, 1.165) is 0 Å². The second-order valence-electron chi connectivity index (χ2n) is 5.48. The molecule has 22 heavy (non-hydrogen) atoms. The van der Waals surface area contributed by atoms with Crippen molar-refractivity contribution in [2.75, 3.05) is 0 Å². The first-order valence-corrected chi connectivity index (χ1v) is 7.55. The maximum Gasteiger partial charge on any atom is -0.00992 e. The van der Waals surface area contributed by atoms with Gasteiger partial charge >= 0.3 is 0 Å². The third kappa shape index (κ3) is 2.29.